The van der Waals surface area contributed by atoms with Crippen molar-refractivity contribution in [2.75, 3.05) is 13.7 Å². The molecule has 1 heterocycles. The normalized spacial score (nSPS) is 10.6. The molecule has 0 spiro atoms. The molecule has 8 heteroatoms. The summed E-state index contributed by atoms with van der Waals surface area (Å²) < 4.78 is 7.15. The number of tetrazole rings is 1. The van der Waals surface area contributed by atoms with Gasteiger partial charge in [-0.3, -0.25) is 0 Å². The van der Waals surface area contributed by atoms with Gasteiger partial charge in [0.05, 0.1) is 25.8 Å². The molecule has 20 heavy (non-hydrogen) atoms. The van der Waals surface area contributed by atoms with E-state index in [2.05, 4.69) is 31.5 Å². The van der Waals surface area contributed by atoms with Gasteiger partial charge in [0.15, 0.2) is 5.82 Å². The van der Waals surface area contributed by atoms with Crippen LogP contribution in [0.2, 0.25) is 0 Å². The Morgan fingerprint density at radius 3 is 3.00 bits per heavy atom. The van der Waals surface area contributed by atoms with Gasteiger partial charge < -0.3 is 9.84 Å². The van der Waals surface area contributed by atoms with Gasteiger partial charge in [0, 0.05) is 10.9 Å². The average Bonchev–Trinajstić information content (AvgIpc) is 2.86. The minimum absolute atomic E-state index is 0.0390. The van der Waals surface area contributed by atoms with Gasteiger partial charge >= 0.3 is 5.97 Å². The summed E-state index contributed by atoms with van der Waals surface area (Å²) in [6.07, 6.45) is 0.356. The highest BCUT2D eigenvalue weighted by Crippen LogP contribution is 2.18. The molecule has 106 valence electrons. The second-order valence-corrected chi connectivity index (χ2v) is 4.94. The molecule has 2 aromatic rings. The Hall–Kier alpha value is -1.80. The molecule has 0 aliphatic rings. The van der Waals surface area contributed by atoms with Gasteiger partial charge in [-0.1, -0.05) is 15.9 Å². The van der Waals surface area contributed by atoms with Crippen LogP contribution in [0.3, 0.4) is 0 Å². The lowest BCUT2D eigenvalue weighted by atomic mass is 10.1. The fourth-order valence-electron chi connectivity index (χ4n) is 1.79. The summed E-state index contributed by atoms with van der Waals surface area (Å²) in [6.45, 7) is 0.287. The number of ether oxygens (including phenoxy) is 1. The number of methoxy groups -OCH3 is 1. The van der Waals surface area contributed by atoms with Crippen molar-refractivity contribution in [3.05, 3.63) is 39.6 Å². The van der Waals surface area contributed by atoms with Crippen molar-refractivity contribution in [1.29, 1.82) is 0 Å². The Bertz CT molecular complexity index is 614. The van der Waals surface area contributed by atoms with E-state index >= 15 is 0 Å². The van der Waals surface area contributed by atoms with E-state index in [0.29, 0.717) is 24.4 Å². The predicted molar refractivity (Wildman–Crippen MR) is 73.2 cm³/mol. The van der Waals surface area contributed by atoms with E-state index in [0.717, 1.165) is 10.0 Å². The van der Waals surface area contributed by atoms with Crippen molar-refractivity contribution in [3.8, 4) is 0 Å². The topological polar surface area (TPSA) is 90.1 Å². The standard InChI is InChI=1S/C12H13BrN4O3/c1-20-12(19)10-3-2-9(13)6-8(10)7-17-11(4-5-18)14-15-16-17/h2-3,6,18H,4-5,7H2,1H3. The number of benzene rings is 1. The minimum atomic E-state index is -0.413. The van der Waals surface area contributed by atoms with Crippen LogP contribution in [0.1, 0.15) is 21.7 Å². The molecule has 1 aromatic heterocycles. The van der Waals surface area contributed by atoms with E-state index < -0.39 is 5.97 Å². The average molecular weight is 341 g/mol. The number of aliphatic hydroxyl groups excluding tert-OH is 1. The SMILES string of the molecule is COC(=O)c1ccc(Br)cc1Cn1nnnc1CCO. The third kappa shape index (κ3) is 3.20. The molecule has 0 bridgehead atoms. The zero-order valence-corrected chi connectivity index (χ0v) is 12.4. The molecule has 1 aromatic carbocycles. The van der Waals surface area contributed by atoms with E-state index in [9.17, 15) is 4.79 Å². The van der Waals surface area contributed by atoms with Gasteiger partial charge in [-0.15, -0.1) is 5.10 Å². The molecule has 7 nitrogen and oxygen atoms in total. The molecule has 0 aliphatic heterocycles. The molecule has 0 aliphatic carbocycles. The third-order valence-electron chi connectivity index (χ3n) is 2.73. The molecule has 0 atom stereocenters. The number of aliphatic hydroxyl groups is 1. The first-order chi connectivity index (χ1) is 9.65. The first kappa shape index (κ1) is 14.6. The van der Waals surface area contributed by atoms with Crippen molar-refractivity contribution in [1.82, 2.24) is 20.2 Å². The Morgan fingerprint density at radius 1 is 1.50 bits per heavy atom. The Labute approximate surface area is 123 Å². The van der Waals surface area contributed by atoms with E-state index in [1.807, 2.05) is 6.07 Å². The highest BCUT2D eigenvalue weighted by atomic mass is 79.9. The van der Waals surface area contributed by atoms with Gasteiger partial charge in [-0.05, 0) is 34.2 Å². The summed E-state index contributed by atoms with van der Waals surface area (Å²) in [5.74, 6) is 0.146. The fraction of sp³-hybridized carbons (Fsp3) is 0.333. The second-order valence-electron chi connectivity index (χ2n) is 4.02. The van der Waals surface area contributed by atoms with Crippen LogP contribution in [0, 0.1) is 0 Å². The van der Waals surface area contributed by atoms with Gasteiger partial charge in [-0.2, -0.15) is 0 Å². The zero-order valence-electron chi connectivity index (χ0n) is 10.8. The molecule has 0 amide bonds. The summed E-state index contributed by atoms with van der Waals surface area (Å²) in [6, 6.07) is 5.27. The third-order valence-corrected chi connectivity index (χ3v) is 3.23. The highest BCUT2D eigenvalue weighted by Gasteiger charge is 2.14. The molecule has 0 radical (unpaired) electrons. The van der Waals surface area contributed by atoms with Gasteiger partial charge in [0.1, 0.15) is 0 Å². The number of halogens is 1. The van der Waals surface area contributed by atoms with E-state index in [-0.39, 0.29) is 6.61 Å². The lowest BCUT2D eigenvalue weighted by Gasteiger charge is -2.09. The molecular weight excluding hydrogens is 328 g/mol. The maximum absolute atomic E-state index is 11.7. The lowest BCUT2D eigenvalue weighted by molar-refractivity contribution is 0.0599. The first-order valence-electron chi connectivity index (χ1n) is 5.88. The molecule has 0 saturated carbocycles. The van der Waals surface area contributed by atoms with Crippen LogP contribution < -0.4 is 0 Å². The largest absolute Gasteiger partial charge is 0.465 e. The van der Waals surface area contributed by atoms with E-state index in [1.54, 1.807) is 16.8 Å². The first-order valence-corrected chi connectivity index (χ1v) is 6.67. The molecule has 1 N–H and O–H groups in total. The number of hydrogen-bond donors (Lipinski definition) is 1. The van der Waals surface area contributed by atoms with Crippen LogP contribution in [0.15, 0.2) is 22.7 Å². The zero-order chi connectivity index (χ0) is 14.5. The molecule has 0 unspecified atom stereocenters. The maximum atomic E-state index is 11.7. The maximum Gasteiger partial charge on any atom is 0.338 e. The van der Waals surface area contributed by atoms with Gasteiger partial charge in [-0.25, -0.2) is 9.48 Å². The minimum Gasteiger partial charge on any atom is -0.465 e. The molecular formula is C12H13BrN4O3. The van der Waals surface area contributed by atoms with Crippen molar-refractivity contribution in [3.63, 3.8) is 0 Å². The van der Waals surface area contributed by atoms with Gasteiger partial charge in [0.25, 0.3) is 0 Å². The number of carbonyl (C=O) groups is 1. The lowest BCUT2D eigenvalue weighted by Crippen LogP contribution is -2.13. The van der Waals surface area contributed by atoms with Crippen molar-refractivity contribution < 1.29 is 14.6 Å². The smallest absolute Gasteiger partial charge is 0.338 e. The van der Waals surface area contributed by atoms with Crippen LogP contribution in [0.4, 0.5) is 0 Å². The Kier molecular flexibility index (Phi) is 4.80. The van der Waals surface area contributed by atoms with Crippen LogP contribution in [0.5, 0.6) is 0 Å². The number of carbonyl (C=O) groups excluding carboxylic acids is 1. The molecule has 0 saturated heterocycles. The number of hydrogen-bond acceptors (Lipinski definition) is 6. The van der Waals surface area contributed by atoms with E-state index in [4.69, 9.17) is 9.84 Å². The van der Waals surface area contributed by atoms with Crippen molar-refractivity contribution in [2.45, 2.75) is 13.0 Å². The predicted octanol–water partition coefficient (Wildman–Crippen LogP) is 0.805. The fourth-order valence-corrected chi connectivity index (χ4v) is 2.20. The number of aromatic nitrogens is 4. The number of nitrogens with zero attached hydrogens (tertiary/aromatic N) is 4. The highest BCUT2D eigenvalue weighted by molar-refractivity contribution is 9.10. The van der Waals surface area contributed by atoms with Crippen LogP contribution >= 0.6 is 15.9 Å². The summed E-state index contributed by atoms with van der Waals surface area (Å²) in [7, 11) is 1.34. The van der Waals surface area contributed by atoms with Crippen LogP contribution in [0.25, 0.3) is 0 Å². The van der Waals surface area contributed by atoms with E-state index in [1.165, 1.54) is 7.11 Å². The van der Waals surface area contributed by atoms with Crippen molar-refractivity contribution >= 4 is 21.9 Å². The summed E-state index contributed by atoms with van der Waals surface area (Å²) >= 11 is 3.37. The number of esters is 1. The van der Waals surface area contributed by atoms with Crippen LogP contribution in [-0.2, 0) is 17.7 Å². The second kappa shape index (κ2) is 6.58. The quantitative estimate of drug-likeness (QED) is 0.810. The summed E-state index contributed by atoms with van der Waals surface area (Å²) in [5.41, 5.74) is 1.19. The monoisotopic (exact) mass is 340 g/mol. The number of rotatable bonds is 5. The summed E-state index contributed by atoms with van der Waals surface area (Å²) in [4.78, 5) is 11.7. The van der Waals surface area contributed by atoms with Crippen molar-refractivity contribution in [2.24, 2.45) is 0 Å². The summed E-state index contributed by atoms with van der Waals surface area (Å²) in [5, 5.41) is 20.2. The Morgan fingerprint density at radius 2 is 2.30 bits per heavy atom. The van der Waals surface area contributed by atoms with Gasteiger partial charge in [0.2, 0.25) is 0 Å². The van der Waals surface area contributed by atoms with Crippen LogP contribution in [-0.4, -0.2) is 45.0 Å². The molecule has 2 rings (SSSR count). The Balaban J connectivity index is 2.34. The molecule has 0 fully saturated rings.